The number of ether oxygens (including phenoxy) is 1. The average molecular weight is 386 g/mol. The molecule has 0 amide bonds. The summed E-state index contributed by atoms with van der Waals surface area (Å²) in [5.41, 5.74) is 8.70. The van der Waals surface area contributed by atoms with Crippen LogP contribution in [0, 0.1) is 0 Å². The minimum absolute atomic E-state index is 0. The van der Waals surface area contributed by atoms with Gasteiger partial charge in [-0.1, -0.05) is 60.7 Å². The first-order valence-corrected chi connectivity index (χ1v) is 8.60. The number of phenols is 1. The molecule has 0 spiro atoms. The molecule has 0 aliphatic heterocycles. The van der Waals surface area contributed by atoms with E-state index in [4.69, 9.17) is 10.5 Å². The lowest BCUT2D eigenvalue weighted by Crippen LogP contribution is -2.28. The quantitative estimate of drug-likeness (QED) is 0.574. The molecule has 4 nitrogen and oxygen atoms in total. The Morgan fingerprint density at radius 2 is 1.44 bits per heavy atom. The minimum Gasteiger partial charge on any atom is -0.507 e. The predicted molar refractivity (Wildman–Crippen MR) is 109 cm³/mol. The van der Waals surface area contributed by atoms with Gasteiger partial charge in [0.1, 0.15) is 18.1 Å². The van der Waals surface area contributed by atoms with Crippen LogP contribution in [-0.2, 0) is 13.0 Å². The molecular weight excluding hydrogens is 362 g/mol. The number of benzene rings is 3. The number of hydrogen-bond donors (Lipinski definition) is 3. The van der Waals surface area contributed by atoms with E-state index in [1.54, 1.807) is 12.1 Å². The van der Waals surface area contributed by atoms with Crippen molar-refractivity contribution in [2.75, 3.05) is 0 Å². The first kappa shape index (κ1) is 20.8. The van der Waals surface area contributed by atoms with E-state index in [1.807, 2.05) is 60.7 Å². The zero-order valence-electron chi connectivity index (χ0n) is 14.9. The van der Waals surface area contributed by atoms with E-state index in [-0.39, 0.29) is 18.2 Å². The van der Waals surface area contributed by atoms with Crippen molar-refractivity contribution in [3.8, 4) is 11.5 Å². The average Bonchev–Trinajstić information content (AvgIpc) is 2.67. The van der Waals surface area contributed by atoms with Gasteiger partial charge in [-0.25, -0.2) is 0 Å². The van der Waals surface area contributed by atoms with Crippen LogP contribution in [0.5, 0.6) is 11.5 Å². The molecule has 0 unspecified atom stereocenters. The molecular formula is C22H24ClNO3. The number of aromatic hydroxyl groups is 1. The van der Waals surface area contributed by atoms with Crippen molar-refractivity contribution >= 4 is 12.4 Å². The van der Waals surface area contributed by atoms with Gasteiger partial charge in [0.25, 0.3) is 0 Å². The summed E-state index contributed by atoms with van der Waals surface area (Å²) in [7, 11) is 0. The number of phenolic OH excluding ortho intramolecular Hbond substituents is 1. The highest BCUT2D eigenvalue weighted by molar-refractivity contribution is 5.85. The van der Waals surface area contributed by atoms with Crippen LogP contribution >= 0.6 is 12.4 Å². The van der Waals surface area contributed by atoms with E-state index in [9.17, 15) is 10.2 Å². The van der Waals surface area contributed by atoms with Gasteiger partial charge in [0, 0.05) is 18.1 Å². The fraction of sp³-hybridized carbons (Fsp3) is 0.182. The normalized spacial score (nSPS) is 12.7. The second-order valence-electron chi connectivity index (χ2n) is 6.28. The molecule has 0 aliphatic rings. The predicted octanol–water partition coefficient (Wildman–Crippen LogP) is 4.00. The van der Waals surface area contributed by atoms with E-state index >= 15 is 0 Å². The lowest BCUT2D eigenvalue weighted by atomic mass is 9.96. The van der Waals surface area contributed by atoms with Crippen molar-refractivity contribution in [1.82, 2.24) is 0 Å². The lowest BCUT2D eigenvalue weighted by molar-refractivity contribution is 0.143. The van der Waals surface area contributed by atoms with E-state index in [0.29, 0.717) is 24.3 Å². The van der Waals surface area contributed by atoms with Gasteiger partial charge in [0.15, 0.2) is 0 Å². The molecule has 0 aliphatic carbocycles. The minimum atomic E-state index is -0.792. The third-order valence-corrected chi connectivity index (χ3v) is 4.31. The molecule has 3 rings (SSSR count). The maximum atomic E-state index is 10.4. The monoisotopic (exact) mass is 385 g/mol. The van der Waals surface area contributed by atoms with Gasteiger partial charge in [-0.3, -0.25) is 0 Å². The first-order valence-electron chi connectivity index (χ1n) is 8.60. The van der Waals surface area contributed by atoms with Gasteiger partial charge < -0.3 is 20.7 Å². The maximum Gasteiger partial charge on any atom is 0.124 e. The Labute approximate surface area is 165 Å². The van der Waals surface area contributed by atoms with Crippen LogP contribution in [0.25, 0.3) is 0 Å². The molecule has 0 aromatic heterocycles. The zero-order valence-corrected chi connectivity index (χ0v) is 15.7. The van der Waals surface area contributed by atoms with Crippen LogP contribution in [0.3, 0.4) is 0 Å². The summed E-state index contributed by atoms with van der Waals surface area (Å²) in [6, 6.07) is 23.8. The zero-order chi connectivity index (χ0) is 18.4. The van der Waals surface area contributed by atoms with Crippen molar-refractivity contribution in [2.45, 2.75) is 25.2 Å². The number of aliphatic hydroxyl groups is 1. The highest BCUT2D eigenvalue weighted by Gasteiger charge is 2.20. The van der Waals surface area contributed by atoms with Crippen LogP contribution in [0.4, 0.5) is 0 Å². The second-order valence-corrected chi connectivity index (χ2v) is 6.28. The summed E-state index contributed by atoms with van der Waals surface area (Å²) in [5, 5.41) is 20.7. The summed E-state index contributed by atoms with van der Waals surface area (Å²) < 4.78 is 5.70. The van der Waals surface area contributed by atoms with Crippen LogP contribution in [-0.4, -0.2) is 16.3 Å². The molecule has 27 heavy (non-hydrogen) atoms. The van der Waals surface area contributed by atoms with Crippen molar-refractivity contribution in [3.05, 3.63) is 95.6 Å². The molecule has 3 aromatic carbocycles. The van der Waals surface area contributed by atoms with Crippen LogP contribution in [0.2, 0.25) is 0 Å². The smallest absolute Gasteiger partial charge is 0.124 e. The molecule has 142 valence electrons. The number of aliphatic hydroxyl groups excluding tert-OH is 1. The van der Waals surface area contributed by atoms with E-state index in [2.05, 4.69) is 0 Å². The van der Waals surface area contributed by atoms with E-state index < -0.39 is 12.1 Å². The third kappa shape index (κ3) is 5.73. The van der Waals surface area contributed by atoms with Crippen LogP contribution < -0.4 is 10.5 Å². The number of rotatable bonds is 7. The first-order chi connectivity index (χ1) is 12.6. The Bertz CT molecular complexity index is 827. The number of halogens is 1. The largest absolute Gasteiger partial charge is 0.507 e. The Hall–Kier alpha value is -2.53. The maximum absolute atomic E-state index is 10.4. The summed E-state index contributed by atoms with van der Waals surface area (Å²) in [6.45, 7) is 0.419. The molecule has 0 saturated heterocycles. The summed E-state index contributed by atoms with van der Waals surface area (Å²) >= 11 is 0. The topological polar surface area (TPSA) is 75.7 Å². The van der Waals surface area contributed by atoms with Crippen molar-refractivity contribution in [3.63, 3.8) is 0 Å². The summed E-state index contributed by atoms with van der Waals surface area (Å²) in [6.07, 6.45) is -0.368. The highest BCUT2D eigenvalue weighted by atomic mass is 35.5. The fourth-order valence-electron chi connectivity index (χ4n) is 2.83. The number of nitrogens with two attached hydrogens (primary N) is 1. The van der Waals surface area contributed by atoms with Gasteiger partial charge in [-0.05, 0) is 23.3 Å². The highest BCUT2D eigenvalue weighted by Crippen LogP contribution is 2.30. The van der Waals surface area contributed by atoms with Crippen LogP contribution in [0.1, 0.15) is 22.7 Å². The van der Waals surface area contributed by atoms with E-state index in [0.717, 1.165) is 11.1 Å². The molecule has 0 heterocycles. The summed E-state index contributed by atoms with van der Waals surface area (Å²) in [4.78, 5) is 0. The van der Waals surface area contributed by atoms with E-state index in [1.165, 1.54) is 6.07 Å². The van der Waals surface area contributed by atoms with Gasteiger partial charge in [0.05, 0.1) is 12.1 Å². The van der Waals surface area contributed by atoms with Crippen LogP contribution in [0.15, 0.2) is 78.9 Å². The van der Waals surface area contributed by atoms with Crippen molar-refractivity contribution in [2.24, 2.45) is 5.73 Å². The molecule has 3 aromatic rings. The molecule has 0 fully saturated rings. The Morgan fingerprint density at radius 3 is 2.04 bits per heavy atom. The van der Waals surface area contributed by atoms with Gasteiger partial charge in [-0.2, -0.15) is 0 Å². The fourth-order valence-corrected chi connectivity index (χ4v) is 2.83. The van der Waals surface area contributed by atoms with Gasteiger partial charge in [0.2, 0.25) is 0 Å². The Kier molecular flexibility index (Phi) is 7.67. The second kappa shape index (κ2) is 9.97. The number of hydrogen-bond acceptors (Lipinski definition) is 4. The molecule has 4 N–H and O–H groups in total. The molecule has 0 bridgehead atoms. The summed E-state index contributed by atoms with van der Waals surface area (Å²) in [5.74, 6) is 0.579. The van der Waals surface area contributed by atoms with Gasteiger partial charge >= 0.3 is 0 Å². The SMILES string of the molecule is Cl.N[C@@H](c1ccc(OCc2ccccc2)cc1O)[C@H](O)Cc1ccccc1. The Balaban J connectivity index is 0.00000261. The standard InChI is InChI=1S/C22H23NO3.ClH/c23-22(21(25)13-16-7-3-1-4-8-16)19-12-11-18(14-20(19)24)26-15-17-9-5-2-6-10-17;/h1-12,14,21-22,24-25H,13,15,23H2;1H/t21-,22+;/m1./s1. The van der Waals surface area contributed by atoms with Gasteiger partial charge in [-0.15, -0.1) is 12.4 Å². The lowest BCUT2D eigenvalue weighted by Gasteiger charge is -2.20. The Morgan fingerprint density at radius 1 is 0.852 bits per heavy atom. The van der Waals surface area contributed by atoms with Crippen molar-refractivity contribution < 1.29 is 14.9 Å². The molecule has 0 radical (unpaired) electrons. The van der Waals surface area contributed by atoms with Crippen molar-refractivity contribution in [1.29, 1.82) is 0 Å². The molecule has 2 atom stereocenters. The molecule has 5 heteroatoms. The molecule has 0 saturated carbocycles. The third-order valence-electron chi connectivity index (χ3n) is 4.31.